The van der Waals surface area contributed by atoms with Gasteiger partial charge in [0.15, 0.2) is 5.82 Å². The van der Waals surface area contributed by atoms with Gasteiger partial charge in [-0.3, -0.25) is 9.89 Å². The summed E-state index contributed by atoms with van der Waals surface area (Å²) in [6, 6.07) is 16.7. The smallest absolute Gasteiger partial charge is 0.237 e. The highest BCUT2D eigenvalue weighted by atomic mass is 35.5. The summed E-state index contributed by atoms with van der Waals surface area (Å²) in [4.78, 5) is 18.6. The van der Waals surface area contributed by atoms with Gasteiger partial charge in [0, 0.05) is 17.3 Å². The minimum atomic E-state index is 0.0115. The van der Waals surface area contributed by atoms with Crippen molar-refractivity contribution in [1.29, 1.82) is 0 Å². The average Bonchev–Trinajstić information content (AvgIpc) is 3.15. The first kappa shape index (κ1) is 19.3. The highest BCUT2D eigenvalue weighted by Crippen LogP contribution is 2.19. The molecule has 0 atom stereocenters. The standard InChI is InChI=1S/C19H19ClN4O2S/c1-2-24(15-6-4-3-5-7-15)18(25)13-27-19-21-17(22-23-19)12-26-16-10-8-14(20)9-11-16/h3-11H,2,12-13H2,1H3,(H,21,22,23). The maximum atomic E-state index is 12.5. The lowest BCUT2D eigenvalue weighted by Crippen LogP contribution is -2.32. The third kappa shape index (κ3) is 5.48. The molecule has 3 rings (SSSR count). The zero-order valence-electron chi connectivity index (χ0n) is 14.8. The van der Waals surface area contributed by atoms with Crippen LogP contribution < -0.4 is 9.64 Å². The van der Waals surface area contributed by atoms with Crippen LogP contribution in [0.2, 0.25) is 5.02 Å². The van der Waals surface area contributed by atoms with Gasteiger partial charge in [-0.2, -0.15) is 0 Å². The molecule has 0 fully saturated rings. The van der Waals surface area contributed by atoms with Gasteiger partial charge in [-0.05, 0) is 43.3 Å². The maximum Gasteiger partial charge on any atom is 0.237 e. The van der Waals surface area contributed by atoms with E-state index >= 15 is 0 Å². The lowest BCUT2D eigenvalue weighted by atomic mass is 10.3. The lowest BCUT2D eigenvalue weighted by Gasteiger charge is -2.20. The van der Waals surface area contributed by atoms with Crippen LogP contribution in [0.15, 0.2) is 59.8 Å². The van der Waals surface area contributed by atoms with E-state index in [1.165, 1.54) is 11.8 Å². The third-order valence-corrected chi connectivity index (χ3v) is 4.79. The summed E-state index contributed by atoms with van der Waals surface area (Å²) < 4.78 is 5.62. The largest absolute Gasteiger partial charge is 0.486 e. The van der Waals surface area contributed by atoms with Crippen molar-refractivity contribution in [2.75, 3.05) is 17.2 Å². The van der Waals surface area contributed by atoms with Crippen molar-refractivity contribution in [3.8, 4) is 5.75 Å². The van der Waals surface area contributed by atoms with Gasteiger partial charge < -0.3 is 9.64 Å². The molecule has 3 aromatic rings. The normalized spacial score (nSPS) is 10.6. The molecule has 0 spiro atoms. The van der Waals surface area contributed by atoms with Crippen LogP contribution in [0.3, 0.4) is 0 Å². The number of hydrogen-bond acceptors (Lipinski definition) is 5. The van der Waals surface area contributed by atoms with Crippen molar-refractivity contribution in [2.45, 2.75) is 18.7 Å². The van der Waals surface area contributed by atoms with Crippen LogP contribution in [-0.4, -0.2) is 33.4 Å². The number of nitrogens with one attached hydrogen (secondary N) is 1. The van der Waals surface area contributed by atoms with E-state index in [2.05, 4.69) is 15.2 Å². The zero-order chi connectivity index (χ0) is 19.1. The monoisotopic (exact) mass is 402 g/mol. The molecule has 0 saturated carbocycles. The number of H-pyrrole nitrogens is 1. The van der Waals surface area contributed by atoms with Gasteiger partial charge in [0.2, 0.25) is 11.1 Å². The van der Waals surface area contributed by atoms with Gasteiger partial charge in [-0.25, -0.2) is 4.98 Å². The molecule has 1 N–H and O–H groups in total. The number of nitrogens with zero attached hydrogens (tertiary/aromatic N) is 3. The summed E-state index contributed by atoms with van der Waals surface area (Å²) in [6.45, 7) is 2.82. The first-order valence-electron chi connectivity index (χ1n) is 8.43. The third-order valence-electron chi connectivity index (χ3n) is 3.71. The Morgan fingerprint density at radius 1 is 1.19 bits per heavy atom. The highest BCUT2D eigenvalue weighted by molar-refractivity contribution is 7.99. The fourth-order valence-corrected chi connectivity index (χ4v) is 3.22. The minimum absolute atomic E-state index is 0.0115. The quantitative estimate of drug-likeness (QED) is 0.572. The van der Waals surface area contributed by atoms with Crippen LogP contribution in [0.4, 0.5) is 5.69 Å². The van der Waals surface area contributed by atoms with E-state index in [0.717, 1.165) is 5.69 Å². The number of anilines is 1. The topological polar surface area (TPSA) is 71.1 Å². The maximum absolute atomic E-state index is 12.5. The summed E-state index contributed by atoms with van der Waals surface area (Å²) in [5.41, 5.74) is 0.887. The minimum Gasteiger partial charge on any atom is -0.486 e. The second-order valence-corrected chi connectivity index (χ2v) is 6.95. The van der Waals surface area contributed by atoms with Crippen molar-refractivity contribution in [3.05, 3.63) is 65.4 Å². The molecule has 8 heteroatoms. The number of ether oxygens (including phenoxy) is 1. The second kappa shape index (κ2) is 9.43. The first-order valence-corrected chi connectivity index (χ1v) is 9.80. The molecule has 1 heterocycles. The van der Waals surface area contributed by atoms with E-state index in [4.69, 9.17) is 16.3 Å². The molecule has 6 nitrogen and oxygen atoms in total. The molecule has 1 amide bonds. The fourth-order valence-electron chi connectivity index (χ4n) is 2.40. The van der Waals surface area contributed by atoms with Crippen molar-refractivity contribution in [2.24, 2.45) is 0 Å². The predicted molar refractivity (Wildman–Crippen MR) is 107 cm³/mol. The number of hydrogen-bond donors (Lipinski definition) is 1. The number of aromatic amines is 1. The first-order chi connectivity index (χ1) is 13.2. The molecule has 0 saturated heterocycles. The molecule has 0 aliphatic rings. The molecule has 27 heavy (non-hydrogen) atoms. The molecule has 1 aromatic heterocycles. The van der Waals surface area contributed by atoms with E-state index in [1.807, 2.05) is 37.3 Å². The van der Waals surface area contributed by atoms with E-state index < -0.39 is 0 Å². The number of halogens is 1. The van der Waals surface area contributed by atoms with Gasteiger partial charge >= 0.3 is 0 Å². The summed E-state index contributed by atoms with van der Waals surface area (Å²) in [5.74, 6) is 1.56. The van der Waals surface area contributed by atoms with Crippen LogP contribution in [0.1, 0.15) is 12.7 Å². The van der Waals surface area contributed by atoms with Crippen molar-refractivity contribution < 1.29 is 9.53 Å². The number of para-hydroxylation sites is 1. The molecule has 0 unspecified atom stereocenters. The van der Waals surface area contributed by atoms with E-state index in [-0.39, 0.29) is 18.3 Å². The fraction of sp³-hybridized carbons (Fsp3) is 0.211. The van der Waals surface area contributed by atoms with Crippen LogP contribution in [0.25, 0.3) is 0 Å². The Bertz CT molecular complexity index is 871. The number of thioether (sulfide) groups is 1. The van der Waals surface area contributed by atoms with Crippen LogP contribution in [0.5, 0.6) is 5.75 Å². The Kier molecular flexibility index (Phi) is 6.73. The number of carbonyl (C=O) groups is 1. The Hall–Kier alpha value is -2.51. The van der Waals surface area contributed by atoms with Gasteiger partial charge in [-0.1, -0.05) is 41.6 Å². The van der Waals surface area contributed by atoms with Gasteiger partial charge in [0.05, 0.1) is 5.75 Å². The van der Waals surface area contributed by atoms with Gasteiger partial charge in [0.25, 0.3) is 0 Å². The van der Waals surface area contributed by atoms with Crippen LogP contribution in [0, 0.1) is 0 Å². The number of amides is 1. The van der Waals surface area contributed by atoms with Crippen LogP contribution in [-0.2, 0) is 11.4 Å². The Morgan fingerprint density at radius 3 is 2.63 bits per heavy atom. The zero-order valence-corrected chi connectivity index (χ0v) is 16.3. The van der Waals surface area contributed by atoms with Gasteiger partial charge in [0.1, 0.15) is 12.4 Å². The molecule has 0 bridgehead atoms. The predicted octanol–water partition coefficient (Wildman–Crippen LogP) is 4.18. The summed E-state index contributed by atoms with van der Waals surface area (Å²) in [7, 11) is 0. The SMILES string of the molecule is CCN(C(=O)CSc1n[nH]c(COc2ccc(Cl)cc2)n1)c1ccccc1. The Balaban J connectivity index is 1.51. The Labute approximate surface area is 166 Å². The molecule has 0 aliphatic heterocycles. The Morgan fingerprint density at radius 2 is 1.93 bits per heavy atom. The lowest BCUT2D eigenvalue weighted by molar-refractivity contribution is -0.116. The van der Waals surface area contributed by atoms with Crippen LogP contribution >= 0.6 is 23.4 Å². The number of carbonyl (C=O) groups excluding carboxylic acids is 1. The molecule has 140 valence electrons. The summed E-state index contributed by atoms with van der Waals surface area (Å²) in [5, 5.41) is 8.13. The van der Waals surface area contributed by atoms with Crippen molar-refractivity contribution in [1.82, 2.24) is 15.2 Å². The van der Waals surface area contributed by atoms with Crippen molar-refractivity contribution >= 4 is 35.0 Å². The molecular formula is C19H19ClN4O2S. The van der Waals surface area contributed by atoms with Crippen molar-refractivity contribution in [3.63, 3.8) is 0 Å². The highest BCUT2D eigenvalue weighted by Gasteiger charge is 2.15. The van der Waals surface area contributed by atoms with E-state index in [9.17, 15) is 4.79 Å². The van der Waals surface area contributed by atoms with Gasteiger partial charge in [-0.15, -0.1) is 5.10 Å². The molecule has 2 aromatic carbocycles. The second-order valence-electron chi connectivity index (χ2n) is 5.57. The molecule has 0 radical (unpaired) electrons. The number of aromatic nitrogens is 3. The molecular weight excluding hydrogens is 384 g/mol. The molecule has 0 aliphatic carbocycles. The number of rotatable bonds is 8. The van der Waals surface area contributed by atoms with E-state index in [0.29, 0.717) is 28.3 Å². The number of benzene rings is 2. The van der Waals surface area contributed by atoms with E-state index in [1.54, 1.807) is 29.2 Å². The average molecular weight is 403 g/mol. The summed E-state index contributed by atoms with van der Waals surface area (Å²) >= 11 is 7.14. The summed E-state index contributed by atoms with van der Waals surface area (Å²) in [6.07, 6.45) is 0.